The van der Waals surface area contributed by atoms with Crippen molar-refractivity contribution in [2.75, 3.05) is 6.61 Å². The van der Waals surface area contributed by atoms with Gasteiger partial charge in [0.25, 0.3) is 0 Å². The predicted molar refractivity (Wildman–Crippen MR) is 74.8 cm³/mol. The summed E-state index contributed by atoms with van der Waals surface area (Å²) in [6, 6.07) is -0.229. The molecule has 20 heavy (non-hydrogen) atoms. The van der Waals surface area contributed by atoms with Crippen molar-refractivity contribution in [3.8, 4) is 0 Å². The van der Waals surface area contributed by atoms with Crippen LogP contribution >= 0.6 is 0 Å². The van der Waals surface area contributed by atoms with Crippen molar-refractivity contribution >= 4 is 12.1 Å². The van der Waals surface area contributed by atoms with Crippen molar-refractivity contribution in [2.45, 2.75) is 53.0 Å². The van der Waals surface area contributed by atoms with Gasteiger partial charge >= 0.3 is 12.1 Å². The molecule has 0 aromatic rings. The van der Waals surface area contributed by atoms with Crippen LogP contribution < -0.4 is 16.2 Å². The van der Waals surface area contributed by atoms with Gasteiger partial charge in [0.1, 0.15) is 0 Å². The zero-order valence-electron chi connectivity index (χ0n) is 12.7. The quantitative estimate of drug-likeness (QED) is 0.679. The van der Waals surface area contributed by atoms with Crippen molar-refractivity contribution < 1.29 is 14.3 Å². The number of hydrogen-bond acceptors (Lipinski definition) is 3. The average molecular weight is 283 g/mol. The molecule has 2 saturated carbocycles. The number of urea groups is 1. The highest BCUT2D eigenvalue weighted by Crippen LogP contribution is 2.65. The normalized spacial score (nSPS) is 33.6. The maximum absolute atomic E-state index is 11.8. The van der Waals surface area contributed by atoms with E-state index in [1.807, 2.05) is 0 Å². The molecule has 0 radical (unpaired) electrons. The second-order valence-electron chi connectivity index (χ2n) is 6.61. The first kappa shape index (κ1) is 14.9. The summed E-state index contributed by atoms with van der Waals surface area (Å²) in [5, 5.41) is 2.98. The van der Waals surface area contributed by atoms with E-state index in [9.17, 15) is 9.59 Å². The zero-order chi connectivity index (χ0) is 15.0. The van der Waals surface area contributed by atoms with Gasteiger partial charge < -0.3 is 10.1 Å². The average Bonchev–Trinajstić information content (AvgIpc) is 2.70. The number of hydrazine groups is 1. The second kappa shape index (κ2) is 5.14. The van der Waals surface area contributed by atoms with Gasteiger partial charge in [0, 0.05) is 6.04 Å². The van der Waals surface area contributed by atoms with Crippen molar-refractivity contribution in [3.05, 3.63) is 0 Å². The van der Waals surface area contributed by atoms with E-state index in [1.165, 1.54) is 6.42 Å². The number of carbonyl (C=O) groups is 2. The van der Waals surface area contributed by atoms with E-state index >= 15 is 0 Å². The predicted octanol–water partition coefficient (Wildman–Crippen LogP) is 2.16. The molecule has 114 valence electrons. The summed E-state index contributed by atoms with van der Waals surface area (Å²) >= 11 is 0. The van der Waals surface area contributed by atoms with Gasteiger partial charge in [-0.15, -0.1) is 0 Å². The first-order valence-electron chi connectivity index (χ1n) is 7.30. The Morgan fingerprint density at radius 3 is 2.45 bits per heavy atom. The molecular weight excluding hydrogens is 258 g/mol. The van der Waals surface area contributed by atoms with Crippen LogP contribution in [0.1, 0.15) is 47.0 Å². The molecule has 0 heterocycles. The third-order valence-electron chi connectivity index (χ3n) is 5.65. The molecule has 0 unspecified atom stereocenters. The topological polar surface area (TPSA) is 79.5 Å². The van der Waals surface area contributed by atoms with E-state index in [0.717, 1.165) is 12.8 Å². The third-order valence-corrected chi connectivity index (χ3v) is 5.65. The highest BCUT2D eigenvalue weighted by atomic mass is 16.6. The molecule has 2 rings (SSSR count). The van der Waals surface area contributed by atoms with Crippen LogP contribution in [0.4, 0.5) is 9.59 Å². The molecule has 6 nitrogen and oxygen atoms in total. The Labute approximate surface area is 120 Å². The van der Waals surface area contributed by atoms with Gasteiger partial charge in [-0.3, -0.25) is 0 Å². The summed E-state index contributed by atoms with van der Waals surface area (Å²) < 4.78 is 4.67. The molecule has 2 aliphatic carbocycles. The lowest BCUT2D eigenvalue weighted by Gasteiger charge is -2.39. The maximum Gasteiger partial charge on any atom is 0.426 e. The first-order chi connectivity index (χ1) is 9.31. The van der Waals surface area contributed by atoms with Crippen LogP contribution in [0.5, 0.6) is 0 Å². The lowest BCUT2D eigenvalue weighted by atomic mass is 9.69. The number of hydrogen-bond donors (Lipinski definition) is 3. The van der Waals surface area contributed by atoms with E-state index < -0.39 is 6.09 Å². The van der Waals surface area contributed by atoms with Gasteiger partial charge in [-0.25, -0.2) is 20.4 Å². The molecule has 6 heteroatoms. The Morgan fingerprint density at radius 1 is 1.25 bits per heavy atom. The zero-order valence-corrected chi connectivity index (χ0v) is 12.7. The van der Waals surface area contributed by atoms with Crippen LogP contribution in [0.3, 0.4) is 0 Å². The Bertz CT molecular complexity index is 410. The van der Waals surface area contributed by atoms with Crippen LogP contribution in [0.15, 0.2) is 0 Å². The second-order valence-corrected chi connectivity index (χ2v) is 6.61. The third kappa shape index (κ3) is 2.31. The van der Waals surface area contributed by atoms with Crippen molar-refractivity contribution in [2.24, 2.45) is 16.7 Å². The number of ether oxygens (including phenoxy) is 1. The summed E-state index contributed by atoms with van der Waals surface area (Å²) in [5.41, 5.74) is 4.91. The fourth-order valence-electron chi connectivity index (χ4n) is 3.89. The van der Waals surface area contributed by atoms with Gasteiger partial charge in [0.05, 0.1) is 6.61 Å². The minimum Gasteiger partial charge on any atom is -0.449 e. The van der Waals surface area contributed by atoms with Crippen LogP contribution in [0.25, 0.3) is 0 Å². The van der Waals surface area contributed by atoms with Crippen molar-refractivity contribution in [1.29, 1.82) is 0 Å². The fourth-order valence-corrected chi connectivity index (χ4v) is 3.89. The lowest BCUT2D eigenvalue weighted by Crippen LogP contribution is -2.54. The molecule has 0 aromatic heterocycles. The highest BCUT2D eigenvalue weighted by molar-refractivity contribution is 5.77. The molecule has 0 aromatic carbocycles. The maximum atomic E-state index is 11.8. The molecule has 2 aliphatic rings. The van der Waals surface area contributed by atoms with Gasteiger partial charge in [0.2, 0.25) is 0 Å². The Hall–Kier alpha value is -1.46. The SMILES string of the molecule is CCOC(=O)NNC(=O)N[C@H]1C[C@H]2CC[C@@]1(C)C2(C)C. The van der Waals surface area contributed by atoms with Crippen LogP contribution in [-0.2, 0) is 4.74 Å². The van der Waals surface area contributed by atoms with Gasteiger partial charge in [0.15, 0.2) is 0 Å². The fraction of sp³-hybridized carbons (Fsp3) is 0.857. The van der Waals surface area contributed by atoms with Gasteiger partial charge in [-0.2, -0.15) is 0 Å². The molecule has 2 fully saturated rings. The summed E-state index contributed by atoms with van der Waals surface area (Å²) in [6.07, 6.45) is 2.74. The molecule has 2 bridgehead atoms. The molecule has 0 saturated heterocycles. The summed E-state index contributed by atoms with van der Waals surface area (Å²) in [5.74, 6) is 0.663. The summed E-state index contributed by atoms with van der Waals surface area (Å²) in [6.45, 7) is 8.81. The molecule has 0 spiro atoms. The van der Waals surface area contributed by atoms with Crippen molar-refractivity contribution in [1.82, 2.24) is 16.2 Å². The summed E-state index contributed by atoms with van der Waals surface area (Å²) in [7, 11) is 0. The highest BCUT2D eigenvalue weighted by Gasteiger charge is 2.61. The van der Waals surface area contributed by atoms with Gasteiger partial charge in [-0.05, 0) is 42.9 Å². The number of rotatable bonds is 2. The minimum absolute atomic E-state index is 0.124. The Kier molecular flexibility index (Phi) is 3.84. The van der Waals surface area contributed by atoms with Crippen LogP contribution in [-0.4, -0.2) is 24.8 Å². The molecule has 0 aliphatic heterocycles. The minimum atomic E-state index is -0.651. The number of fused-ring (bicyclic) bond motifs is 2. The smallest absolute Gasteiger partial charge is 0.426 e. The molecular formula is C14H25N3O3. The van der Waals surface area contributed by atoms with Crippen LogP contribution in [0.2, 0.25) is 0 Å². The lowest BCUT2D eigenvalue weighted by molar-refractivity contribution is 0.121. The number of amides is 3. The van der Waals surface area contributed by atoms with E-state index in [-0.39, 0.29) is 29.5 Å². The van der Waals surface area contributed by atoms with Crippen LogP contribution in [0, 0.1) is 16.7 Å². The van der Waals surface area contributed by atoms with E-state index in [1.54, 1.807) is 6.92 Å². The molecule has 3 N–H and O–H groups in total. The molecule has 3 atom stereocenters. The largest absolute Gasteiger partial charge is 0.449 e. The Morgan fingerprint density at radius 2 is 1.95 bits per heavy atom. The Balaban J connectivity index is 1.86. The van der Waals surface area contributed by atoms with Crippen molar-refractivity contribution in [3.63, 3.8) is 0 Å². The standard InChI is InChI=1S/C14H25N3O3/c1-5-20-12(19)17-16-11(18)15-10-8-9-6-7-14(10,4)13(9,2)3/h9-10H,5-8H2,1-4H3,(H,17,19)(H2,15,16,18)/t9-,10+,14-/m1/s1. The van der Waals surface area contributed by atoms with E-state index in [2.05, 4.69) is 41.7 Å². The van der Waals surface area contributed by atoms with Gasteiger partial charge in [-0.1, -0.05) is 20.8 Å². The summed E-state index contributed by atoms with van der Waals surface area (Å²) in [4.78, 5) is 22.9. The number of nitrogens with one attached hydrogen (secondary N) is 3. The first-order valence-corrected chi connectivity index (χ1v) is 7.30. The van der Waals surface area contributed by atoms with E-state index in [0.29, 0.717) is 5.92 Å². The van der Waals surface area contributed by atoms with E-state index in [4.69, 9.17) is 0 Å². The number of carbonyl (C=O) groups excluding carboxylic acids is 2. The molecule has 3 amide bonds. The monoisotopic (exact) mass is 283 g/mol.